The Morgan fingerprint density at radius 2 is 1.77 bits per heavy atom. The van der Waals surface area contributed by atoms with Crippen LogP contribution >= 0.6 is 0 Å². The first-order chi connectivity index (χ1) is 6.13. The molecule has 0 spiro atoms. The van der Waals surface area contributed by atoms with Gasteiger partial charge in [0.25, 0.3) is 0 Å². The van der Waals surface area contributed by atoms with Crippen molar-refractivity contribution >= 4 is 5.97 Å². The van der Waals surface area contributed by atoms with Crippen molar-refractivity contribution in [1.29, 1.82) is 0 Å². The lowest BCUT2D eigenvalue weighted by Crippen LogP contribution is -2.00. The van der Waals surface area contributed by atoms with Gasteiger partial charge in [-0.3, -0.25) is 4.79 Å². The standard InChI is InChI=1S/C11H22O2/c1-10(2)8-6-4-5-7-9-13-11(3)12/h10H,4-9H2,1-3H3. The zero-order valence-corrected chi connectivity index (χ0v) is 9.14. The van der Waals surface area contributed by atoms with Crippen LogP contribution in [0.15, 0.2) is 0 Å². The molecule has 0 amide bonds. The van der Waals surface area contributed by atoms with Crippen LogP contribution in [0.3, 0.4) is 0 Å². The molecule has 0 saturated heterocycles. The normalized spacial score (nSPS) is 10.5. The molecule has 0 fully saturated rings. The van der Waals surface area contributed by atoms with Gasteiger partial charge in [0, 0.05) is 6.92 Å². The van der Waals surface area contributed by atoms with Crippen molar-refractivity contribution in [1.82, 2.24) is 0 Å². The lowest BCUT2D eigenvalue weighted by Gasteiger charge is -2.04. The molecule has 0 rings (SSSR count). The van der Waals surface area contributed by atoms with Crippen molar-refractivity contribution < 1.29 is 9.53 Å². The summed E-state index contributed by atoms with van der Waals surface area (Å²) < 4.78 is 4.83. The Morgan fingerprint density at radius 3 is 2.31 bits per heavy atom. The Bertz CT molecular complexity index is 130. The van der Waals surface area contributed by atoms with Crippen molar-refractivity contribution in [3.8, 4) is 0 Å². The molecule has 0 unspecified atom stereocenters. The second kappa shape index (κ2) is 8.09. The molecule has 0 heterocycles. The van der Waals surface area contributed by atoms with Crippen LogP contribution in [0.4, 0.5) is 0 Å². The summed E-state index contributed by atoms with van der Waals surface area (Å²) in [5, 5.41) is 0. The molecular formula is C11H22O2. The van der Waals surface area contributed by atoms with Gasteiger partial charge < -0.3 is 4.74 Å². The third-order valence-electron chi connectivity index (χ3n) is 1.98. The van der Waals surface area contributed by atoms with E-state index in [1.165, 1.54) is 32.6 Å². The predicted octanol–water partition coefficient (Wildman–Crippen LogP) is 3.16. The van der Waals surface area contributed by atoms with Gasteiger partial charge in [-0.05, 0) is 12.3 Å². The summed E-state index contributed by atoms with van der Waals surface area (Å²) >= 11 is 0. The fourth-order valence-corrected chi connectivity index (χ4v) is 1.22. The van der Waals surface area contributed by atoms with Gasteiger partial charge in [0.2, 0.25) is 0 Å². The molecule has 2 nitrogen and oxygen atoms in total. The van der Waals surface area contributed by atoms with Gasteiger partial charge in [0.05, 0.1) is 6.61 Å². The highest BCUT2D eigenvalue weighted by Gasteiger charge is 1.95. The quantitative estimate of drug-likeness (QED) is 0.451. The molecule has 0 atom stereocenters. The zero-order valence-electron chi connectivity index (χ0n) is 9.14. The monoisotopic (exact) mass is 186 g/mol. The number of rotatable bonds is 7. The van der Waals surface area contributed by atoms with Gasteiger partial charge >= 0.3 is 5.97 Å². The van der Waals surface area contributed by atoms with Crippen molar-refractivity contribution in [3.05, 3.63) is 0 Å². The molecule has 0 bridgehead atoms. The van der Waals surface area contributed by atoms with Gasteiger partial charge in [0.1, 0.15) is 0 Å². The Kier molecular flexibility index (Phi) is 7.76. The third kappa shape index (κ3) is 11.5. The fourth-order valence-electron chi connectivity index (χ4n) is 1.22. The lowest BCUT2D eigenvalue weighted by atomic mass is 10.0. The topological polar surface area (TPSA) is 26.3 Å². The number of unbranched alkanes of at least 4 members (excludes halogenated alkanes) is 3. The highest BCUT2D eigenvalue weighted by atomic mass is 16.5. The second-order valence-electron chi connectivity index (χ2n) is 3.94. The van der Waals surface area contributed by atoms with Crippen LogP contribution in [0.1, 0.15) is 52.9 Å². The van der Waals surface area contributed by atoms with Crippen molar-refractivity contribution in [3.63, 3.8) is 0 Å². The van der Waals surface area contributed by atoms with Gasteiger partial charge in [-0.25, -0.2) is 0 Å². The number of ether oxygens (including phenoxy) is 1. The van der Waals surface area contributed by atoms with E-state index in [9.17, 15) is 4.79 Å². The van der Waals surface area contributed by atoms with Crippen molar-refractivity contribution in [2.45, 2.75) is 52.9 Å². The number of carbonyl (C=O) groups is 1. The van der Waals surface area contributed by atoms with Gasteiger partial charge in [-0.1, -0.05) is 39.5 Å². The molecule has 13 heavy (non-hydrogen) atoms. The van der Waals surface area contributed by atoms with Crippen molar-refractivity contribution in [2.75, 3.05) is 6.61 Å². The van der Waals surface area contributed by atoms with E-state index < -0.39 is 0 Å². The van der Waals surface area contributed by atoms with Crippen LogP contribution in [0.5, 0.6) is 0 Å². The summed E-state index contributed by atoms with van der Waals surface area (Å²) in [5.41, 5.74) is 0. The van der Waals surface area contributed by atoms with Gasteiger partial charge in [0.15, 0.2) is 0 Å². The Morgan fingerprint density at radius 1 is 1.15 bits per heavy atom. The Balaban J connectivity index is 2.96. The summed E-state index contributed by atoms with van der Waals surface area (Å²) in [5.74, 6) is 0.649. The number of carbonyl (C=O) groups excluding carboxylic acids is 1. The predicted molar refractivity (Wildman–Crippen MR) is 54.6 cm³/mol. The summed E-state index contributed by atoms with van der Waals surface area (Å²) in [6.07, 6.45) is 6.07. The minimum Gasteiger partial charge on any atom is -0.466 e. The van der Waals surface area contributed by atoms with Gasteiger partial charge in [-0.15, -0.1) is 0 Å². The maximum Gasteiger partial charge on any atom is 0.302 e. The first kappa shape index (κ1) is 12.5. The van der Waals surface area contributed by atoms with E-state index in [2.05, 4.69) is 13.8 Å². The van der Waals surface area contributed by atoms with Crippen LogP contribution in [0.25, 0.3) is 0 Å². The van der Waals surface area contributed by atoms with Crippen LogP contribution < -0.4 is 0 Å². The molecule has 0 radical (unpaired) electrons. The highest BCUT2D eigenvalue weighted by molar-refractivity contribution is 5.65. The Hall–Kier alpha value is -0.530. The highest BCUT2D eigenvalue weighted by Crippen LogP contribution is 2.09. The molecule has 2 heteroatoms. The van der Waals surface area contributed by atoms with E-state index in [0.717, 1.165) is 12.3 Å². The maximum absolute atomic E-state index is 10.4. The molecule has 0 aliphatic heterocycles. The van der Waals surface area contributed by atoms with Gasteiger partial charge in [-0.2, -0.15) is 0 Å². The molecule has 0 aromatic rings. The summed E-state index contributed by atoms with van der Waals surface area (Å²) in [6.45, 7) is 6.55. The van der Waals surface area contributed by atoms with E-state index in [1.807, 2.05) is 0 Å². The van der Waals surface area contributed by atoms with E-state index in [0.29, 0.717) is 6.61 Å². The molecule has 0 aromatic heterocycles. The maximum atomic E-state index is 10.4. The largest absolute Gasteiger partial charge is 0.466 e. The first-order valence-corrected chi connectivity index (χ1v) is 5.26. The van der Waals surface area contributed by atoms with Crippen LogP contribution in [0, 0.1) is 5.92 Å². The molecule has 0 aliphatic carbocycles. The van der Waals surface area contributed by atoms with Crippen LogP contribution in [0.2, 0.25) is 0 Å². The number of hydrogen-bond acceptors (Lipinski definition) is 2. The van der Waals surface area contributed by atoms with Crippen molar-refractivity contribution in [2.24, 2.45) is 5.92 Å². The molecule has 0 N–H and O–H groups in total. The minimum atomic E-state index is -0.165. The second-order valence-corrected chi connectivity index (χ2v) is 3.94. The molecule has 0 saturated carbocycles. The van der Waals surface area contributed by atoms with E-state index >= 15 is 0 Å². The molecule has 0 aromatic carbocycles. The summed E-state index contributed by atoms with van der Waals surface area (Å²) in [7, 11) is 0. The lowest BCUT2D eigenvalue weighted by molar-refractivity contribution is -0.141. The van der Waals surface area contributed by atoms with E-state index in [4.69, 9.17) is 4.74 Å². The average molecular weight is 186 g/mol. The smallest absolute Gasteiger partial charge is 0.302 e. The number of esters is 1. The first-order valence-electron chi connectivity index (χ1n) is 5.26. The zero-order chi connectivity index (χ0) is 10.1. The molecular weight excluding hydrogens is 164 g/mol. The number of hydrogen-bond donors (Lipinski definition) is 0. The summed E-state index contributed by atoms with van der Waals surface area (Å²) in [6, 6.07) is 0. The minimum absolute atomic E-state index is 0.165. The molecule has 0 aliphatic rings. The van der Waals surface area contributed by atoms with Crippen LogP contribution in [-0.2, 0) is 9.53 Å². The fraction of sp³-hybridized carbons (Fsp3) is 0.909. The van der Waals surface area contributed by atoms with Crippen LogP contribution in [-0.4, -0.2) is 12.6 Å². The third-order valence-corrected chi connectivity index (χ3v) is 1.98. The summed E-state index contributed by atoms with van der Waals surface area (Å²) in [4.78, 5) is 10.4. The molecule has 78 valence electrons. The van der Waals surface area contributed by atoms with E-state index in [1.54, 1.807) is 0 Å². The van der Waals surface area contributed by atoms with E-state index in [-0.39, 0.29) is 5.97 Å². The average Bonchev–Trinajstić information content (AvgIpc) is 2.01. The SMILES string of the molecule is CC(=O)OCCCCCCC(C)C. The Labute approximate surface area is 81.7 Å².